The second-order valence-electron chi connectivity index (χ2n) is 3.96. The number of nitriles is 1. The van der Waals surface area contributed by atoms with Gasteiger partial charge < -0.3 is 4.74 Å². The Hall–Kier alpha value is -0.850. The number of rotatable bonds is 2. The molecule has 3 heteroatoms. The molecule has 1 saturated heterocycles. The van der Waals surface area contributed by atoms with Crippen LogP contribution in [0.2, 0.25) is 0 Å². The molecule has 0 saturated carbocycles. The fourth-order valence-electron chi connectivity index (χ4n) is 1.88. The molecule has 15 heavy (non-hydrogen) atoms. The van der Waals surface area contributed by atoms with E-state index in [4.69, 9.17) is 4.74 Å². The van der Waals surface area contributed by atoms with Gasteiger partial charge in [0.05, 0.1) is 18.1 Å². The lowest BCUT2D eigenvalue weighted by atomic mass is 9.82. The van der Waals surface area contributed by atoms with Crippen LogP contribution in [0.3, 0.4) is 0 Å². The summed E-state index contributed by atoms with van der Waals surface area (Å²) in [6, 6.07) is 10.5. The molecule has 1 aromatic rings. The third kappa shape index (κ3) is 2.22. The molecule has 1 fully saturated rings. The van der Waals surface area contributed by atoms with E-state index in [1.54, 1.807) is 0 Å². The summed E-state index contributed by atoms with van der Waals surface area (Å²) in [5, 5.41) is 9.22. The average Bonchev–Trinajstić information content (AvgIpc) is 2.71. The molecule has 1 aliphatic heterocycles. The van der Waals surface area contributed by atoms with Gasteiger partial charge in [-0.15, -0.1) is 0 Å². The highest BCUT2D eigenvalue weighted by molar-refractivity contribution is 9.10. The minimum atomic E-state index is -0.316. The minimum absolute atomic E-state index is 0.316. The van der Waals surface area contributed by atoms with E-state index in [2.05, 4.69) is 28.1 Å². The Morgan fingerprint density at radius 3 is 2.87 bits per heavy atom. The summed E-state index contributed by atoms with van der Waals surface area (Å²) >= 11 is 3.51. The quantitative estimate of drug-likeness (QED) is 0.824. The highest BCUT2D eigenvalue weighted by Crippen LogP contribution is 2.33. The van der Waals surface area contributed by atoms with Gasteiger partial charge in [-0.2, -0.15) is 5.26 Å². The average molecular weight is 266 g/mol. The van der Waals surface area contributed by atoms with Crippen LogP contribution in [-0.2, 0) is 11.2 Å². The summed E-state index contributed by atoms with van der Waals surface area (Å²) in [6.45, 7) is 1.27. The van der Waals surface area contributed by atoms with Crippen LogP contribution >= 0.6 is 15.9 Å². The van der Waals surface area contributed by atoms with Crippen molar-refractivity contribution in [2.45, 2.75) is 12.8 Å². The van der Waals surface area contributed by atoms with Crippen LogP contribution in [0.5, 0.6) is 0 Å². The van der Waals surface area contributed by atoms with Gasteiger partial charge in [0, 0.05) is 11.1 Å². The lowest BCUT2D eigenvalue weighted by Crippen LogP contribution is -2.21. The Balaban J connectivity index is 2.21. The molecule has 1 unspecified atom stereocenters. The van der Waals surface area contributed by atoms with Crippen molar-refractivity contribution < 1.29 is 4.74 Å². The number of benzene rings is 1. The van der Waals surface area contributed by atoms with Crippen molar-refractivity contribution in [3.63, 3.8) is 0 Å². The first-order chi connectivity index (χ1) is 7.26. The number of nitrogens with zero attached hydrogens (tertiary/aromatic N) is 1. The Morgan fingerprint density at radius 2 is 2.27 bits per heavy atom. The second kappa shape index (κ2) is 4.34. The number of hydrogen-bond donors (Lipinski definition) is 0. The van der Waals surface area contributed by atoms with Crippen molar-refractivity contribution in [1.29, 1.82) is 5.26 Å². The van der Waals surface area contributed by atoms with Crippen LogP contribution in [0.4, 0.5) is 0 Å². The van der Waals surface area contributed by atoms with Crippen molar-refractivity contribution in [3.05, 3.63) is 34.3 Å². The topological polar surface area (TPSA) is 33.0 Å². The molecule has 1 aliphatic rings. The normalized spacial score (nSPS) is 25.1. The largest absolute Gasteiger partial charge is 0.380 e. The van der Waals surface area contributed by atoms with Gasteiger partial charge in [-0.3, -0.25) is 0 Å². The van der Waals surface area contributed by atoms with Crippen LogP contribution in [0.25, 0.3) is 0 Å². The highest BCUT2D eigenvalue weighted by atomic mass is 79.9. The van der Waals surface area contributed by atoms with Gasteiger partial charge in [-0.1, -0.05) is 34.1 Å². The van der Waals surface area contributed by atoms with E-state index in [0.29, 0.717) is 13.2 Å². The second-order valence-corrected chi connectivity index (χ2v) is 4.82. The SMILES string of the molecule is N#CC1(Cc2ccccc2Br)CCOC1. The summed E-state index contributed by atoms with van der Waals surface area (Å²) in [5.74, 6) is 0. The zero-order valence-electron chi connectivity index (χ0n) is 8.37. The van der Waals surface area contributed by atoms with Crippen LogP contribution in [0.15, 0.2) is 28.7 Å². The van der Waals surface area contributed by atoms with Gasteiger partial charge in [0.15, 0.2) is 0 Å². The zero-order chi connectivity index (χ0) is 10.7. The van der Waals surface area contributed by atoms with E-state index in [1.165, 1.54) is 5.56 Å². The van der Waals surface area contributed by atoms with Gasteiger partial charge in [0.2, 0.25) is 0 Å². The molecular weight excluding hydrogens is 254 g/mol. The summed E-state index contributed by atoms with van der Waals surface area (Å²) in [6.07, 6.45) is 1.61. The van der Waals surface area contributed by atoms with Gasteiger partial charge >= 0.3 is 0 Å². The van der Waals surface area contributed by atoms with Gasteiger partial charge in [-0.25, -0.2) is 0 Å². The molecule has 0 amide bonds. The molecule has 78 valence electrons. The first-order valence-corrected chi connectivity index (χ1v) is 5.77. The summed E-state index contributed by atoms with van der Waals surface area (Å²) in [4.78, 5) is 0. The predicted octanol–water partition coefficient (Wildman–Crippen LogP) is 2.92. The molecule has 2 rings (SSSR count). The Labute approximate surface area is 98.0 Å². The first kappa shape index (κ1) is 10.7. The summed E-state index contributed by atoms with van der Waals surface area (Å²) < 4.78 is 6.40. The fraction of sp³-hybridized carbons (Fsp3) is 0.417. The third-order valence-electron chi connectivity index (χ3n) is 2.83. The maximum absolute atomic E-state index is 9.22. The van der Waals surface area contributed by atoms with Crippen molar-refractivity contribution in [1.82, 2.24) is 0 Å². The number of hydrogen-bond acceptors (Lipinski definition) is 2. The molecule has 0 bridgehead atoms. The van der Waals surface area contributed by atoms with E-state index >= 15 is 0 Å². The summed E-state index contributed by atoms with van der Waals surface area (Å²) in [7, 11) is 0. The number of ether oxygens (including phenoxy) is 1. The third-order valence-corrected chi connectivity index (χ3v) is 3.60. The molecule has 0 aromatic heterocycles. The van der Waals surface area contributed by atoms with Crippen molar-refractivity contribution in [2.24, 2.45) is 5.41 Å². The van der Waals surface area contributed by atoms with Crippen LogP contribution in [-0.4, -0.2) is 13.2 Å². The first-order valence-electron chi connectivity index (χ1n) is 4.98. The monoisotopic (exact) mass is 265 g/mol. The standard InChI is InChI=1S/C12H12BrNO/c13-11-4-2-1-3-10(11)7-12(8-14)5-6-15-9-12/h1-4H,5-7,9H2. The molecule has 0 spiro atoms. The Kier molecular flexibility index (Phi) is 3.08. The zero-order valence-corrected chi connectivity index (χ0v) is 9.96. The van der Waals surface area contributed by atoms with E-state index < -0.39 is 0 Å². The molecule has 1 aromatic carbocycles. The Bertz CT molecular complexity index is 391. The molecule has 1 atom stereocenters. The molecule has 0 radical (unpaired) electrons. The molecular formula is C12H12BrNO. The molecule has 0 aliphatic carbocycles. The Morgan fingerprint density at radius 1 is 1.47 bits per heavy atom. The minimum Gasteiger partial charge on any atom is -0.380 e. The van der Waals surface area contributed by atoms with Crippen molar-refractivity contribution in [3.8, 4) is 6.07 Å². The maximum Gasteiger partial charge on any atom is 0.0869 e. The van der Waals surface area contributed by atoms with E-state index in [0.717, 1.165) is 17.3 Å². The van der Waals surface area contributed by atoms with Gasteiger partial charge in [0.25, 0.3) is 0 Å². The van der Waals surface area contributed by atoms with Crippen LogP contribution in [0.1, 0.15) is 12.0 Å². The molecule has 0 N–H and O–H groups in total. The summed E-state index contributed by atoms with van der Waals surface area (Å²) in [5.41, 5.74) is 0.869. The van der Waals surface area contributed by atoms with Crippen molar-refractivity contribution in [2.75, 3.05) is 13.2 Å². The fourth-order valence-corrected chi connectivity index (χ4v) is 2.31. The van der Waals surface area contributed by atoms with Gasteiger partial charge in [-0.05, 0) is 24.5 Å². The van der Waals surface area contributed by atoms with Crippen LogP contribution < -0.4 is 0 Å². The van der Waals surface area contributed by atoms with Crippen molar-refractivity contribution >= 4 is 15.9 Å². The predicted molar refractivity (Wildman–Crippen MR) is 61.3 cm³/mol. The van der Waals surface area contributed by atoms with Crippen LogP contribution in [0, 0.1) is 16.7 Å². The van der Waals surface area contributed by atoms with E-state index in [9.17, 15) is 5.26 Å². The lowest BCUT2D eigenvalue weighted by Gasteiger charge is -2.18. The van der Waals surface area contributed by atoms with E-state index in [-0.39, 0.29) is 5.41 Å². The van der Waals surface area contributed by atoms with E-state index in [1.807, 2.05) is 18.2 Å². The lowest BCUT2D eigenvalue weighted by molar-refractivity contribution is 0.171. The maximum atomic E-state index is 9.22. The molecule has 2 nitrogen and oxygen atoms in total. The smallest absolute Gasteiger partial charge is 0.0869 e. The van der Waals surface area contributed by atoms with Gasteiger partial charge in [0.1, 0.15) is 0 Å². The highest BCUT2D eigenvalue weighted by Gasteiger charge is 2.35. The number of halogens is 1. The molecule has 1 heterocycles.